The van der Waals surface area contributed by atoms with Gasteiger partial charge in [-0.2, -0.15) is 0 Å². The lowest BCUT2D eigenvalue weighted by Crippen LogP contribution is -2.40. The Kier molecular flexibility index (Phi) is 4.29. The second-order valence-electron chi connectivity index (χ2n) is 4.72. The van der Waals surface area contributed by atoms with Crippen LogP contribution in [0.15, 0.2) is 15.4 Å². The molecule has 1 saturated carbocycles. The van der Waals surface area contributed by atoms with Gasteiger partial charge in [-0.1, -0.05) is 0 Å². The molecule has 7 heteroatoms. The van der Waals surface area contributed by atoms with E-state index < -0.39 is 10.0 Å². The van der Waals surface area contributed by atoms with E-state index in [1.54, 1.807) is 14.0 Å². The molecule has 1 aliphatic carbocycles. The Hall–Kier alpha value is -0.890. The summed E-state index contributed by atoms with van der Waals surface area (Å²) in [6.45, 7) is 1.25. The van der Waals surface area contributed by atoms with E-state index in [1.807, 2.05) is 0 Å². The minimum absolute atomic E-state index is 0.0818. The third-order valence-electron chi connectivity index (χ3n) is 3.43. The molecule has 2 N–H and O–H groups in total. The van der Waals surface area contributed by atoms with Gasteiger partial charge in [-0.25, -0.2) is 13.1 Å². The maximum absolute atomic E-state index is 12.3. The molecule has 1 heterocycles. The van der Waals surface area contributed by atoms with Gasteiger partial charge < -0.3 is 14.3 Å². The first-order chi connectivity index (χ1) is 8.97. The first-order valence-corrected chi connectivity index (χ1v) is 7.71. The Bertz CT molecular complexity index is 536. The van der Waals surface area contributed by atoms with Crippen molar-refractivity contribution in [1.82, 2.24) is 4.72 Å². The van der Waals surface area contributed by atoms with Gasteiger partial charge in [-0.05, 0) is 26.2 Å². The molecule has 108 valence electrons. The van der Waals surface area contributed by atoms with Crippen molar-refractivity contribution in [3.63, 3.8) is 0 Å². The summed E-state index contributed by atoms with van der Waals surface area (Å²) in [7, 11) is -2.05. The quantitative estimate of drug-likeness (QED) is 0.841. The summed E-state index contributed by atoms with van der Waals surface area (Å²) in [4.78, 5) is 0.0818. The molecule has 6 nitrogen and oxygen atoms in total. The van der Waals surface area contributed by atoms with Crippen LogP contribution in [0.3, 0.4) is 0 Å². The van der Waals surface area contributed by atoms with E-state index in [1.165, 1.54) is 6.07 Å². The number of ether oxygens (including phenoxy) is 1. The van der Waals surface area contributed by atoms with E-state index in [0.717, 1.165) is 19.3 Å². The lowest BCUT2D eigenvalue weighted by molar-refractivity contribution is 0.0916. The molecule has 1 aromatic heterocycles. The number of nitrogens with one attached hydrogen (secondary N) is 1. The molecule has 0 aliphatic heterocycles. The van der Waals surface area contributed by atoms with Crippen molar-refractivity contribution in [2.45, 2.75) is 49.8 Å². The molecular formula is C12H19NO5S. The molecular weight excluding hydrogens is 270 g/mol. The van der Waals surface area contributed by atoms with Gasteiger partial charge in [0.05, 0.1) is 6.10 Å². The second-order valence-corrected chi connectivity index (χ2v) is 6.41. The summed E-state index contributed by atoms with van der Waals surface area (Å²) in [5, 5.41) is 8.98. The summed E-state index contributed by atoms with van der Waals surface area (Å²) in [5.74, 6) is 0.524. The fourth-order valence-electron chi connectivity index (χ4n) is 2.47. The van der Waals surface area contributed by atoms with Crippen LogP contribution in [0.5, 0.6) is 0 Å². The Morgan fingerprint density at radius 2 is 2.26 bits per heavy atom. The molecule has 2 rings (SSSR count). The molecule has 19 heavy (non-hydrogen) atoms. The van der Waals surface area contributed by atoms with Gasteiger partial charge in [0.1, 0.15) is 23.0 Å². The second kappa shape index (κ2) is 5.62. The maximum Gasteiger partial charge on any atom is 0.244 e. The minimum Gasteiger partial charge on any atom is -0.462 e. The molecule has 0 aromatic carbocycles. The van der Waals surface area contributed by atoms with Crippen LogP contribution in [-0.2, 0) is 21.4 Å². The van der Waals surface area contributed by atoms with Crippen LogP contribution >= 0.6 is 0 Å². The monoisotopic (exact) mass is 289 g/mol. The molecule has 2 atom stereocenters. The Balaban J connectivity index is 2.20. The van der Waals surface area contributed by atoms with Crippen LogP contribution in [0.4, 0.5) is 0 Å². The molecule has 1 fully saturated rings. The number of hydrogen-bond acceptors (Lipinski definition) is 5. The molecule has 1 aliphatic rings. The van der Waals surface area contributed by atoms with Gasteiger partial charge in [0.15, 0.2) is 0 Å². The highest BCUT2D eigenvalue weighted by atomic mass is 32.2. The number of hydrogen-bond donors (Lipinski definition) is 2. The van der Waals surface area contributed by atoms with E-state index in [-0.39, 0.29) is 35.2 Å². The fourth-order valence-corrected chi connectivity index (χ4v) is 3.98. The van der Waals surface area contributed by atoms with Crippen molar-refractivity contribution in [2.75, 3.05) is 7.11 Å². The number of aliphatic hydroxyl groups is 1. The van der Waals surface area contributed by atoms with E-state index in [4.69, 9.17) is 14.3 Å². The molecule has 0 saturated heterocycles. The zero-order valence-corrected chi connectivity index (χ0v) is 11.9. The van der Waals surface area contributed by atoms with Gasteiger partial charge in [0.25, 0.3) is 0 Å². The lowest BCUT2D eigenvalue weighted by Gasteiger charge is -2.19. The highest BCUT2D eigenvalue weighted by Gasteiger charge is 2.32. The number of furan rings is 1. The molecule has 0 bridgehead atoms. The number of sulfonamides is 1. The topological polar surface area (TPSA) is 88.8 Å². The average molecular weight is 289 g/mol. The van der Waals surface area contributed by atoms with Crippen LogP contribution in [0, 0.1) is 6.92 Å². The SMILES string of the molecule is COC1CCCC1NS(=O)(=O)c1cc(CO)oc1C. The number of aryl methyl sites for hydroxylation is 1. The molecule has 1 aromatic rings. The summed E-state index contributed by atoms with van der Waals surface area (Å²) in [5.41, 5.74) is 0. The third-order valence-corrected chi connectivity index (χ3v) is 5.03. The normalized spacial score (nSPS) is 23.9. The number of methoxy groups -OCH3 is 1. The van der Waals surface area contributed by atoms with Gasteiger partial charge in [-0.15, -0.1) is 0 Å². The summed E-state index contributed by atoms with van der Waals surface area (Å²) < 4.78 is 37.7. The Morgan fingerprint density at radius 3 is 2.84 bits per heavy atom. The lowest BCUT2D eigenvalue weighted by atomic mass is 10.2. The van der Waals surface area contributed by atoms with Crippen molar-refractivity contribution in [1.29, 1.82) is 0 Å². The molecule has 0 radical (unpaired) electrons. The van der Waals surface area contributed by atoms with E-state index in [0.29, 0.717) is 0 Å². The van der Waals surface area contributed by atoms with Crippen LogP contribution in [0.25, 0.3) is 0 Å². The van der Waals surface area contributed by atoms with Gasteiger partial charge >= 0.3 is 0 Å². The zero-order valence-electron chi connectivity index (χ0n) is 11.0. The first kappa shape index (κ1) is 14.5. The number of aliphatic hydroxyl groups excluding tert-OH is 1. The molecule has 0 amide bonds. The molecule has 2 unspecified atom stereocenters. The fraction of sp³-hybridized carbons (Fsp3) is 0.667. The Labute approximate surface area is 112 Å². The third kappa shape index (κ3) is 3.00. The summed E-state index contributed by atoms with van der Waals surface area (Å²) in [6, 6.07) is 1.15. The zero-order chi connectivity index (χ0) is 14.0. The highest BCUT2D eigenvalue weighted by molar-refractivity contribution is 7.89. The van der Waals surface area contributed by atoms with Gasteiger partial charge in [-0.3, -0.25) is 0 Å². The standard InChI is InChI=1S/C12H19NO5S/c1-8-12(6-9(7-14)18-8)19(15,16)13-10-4-3-5-11(10)17-2/h6,10-11,13-14H,3-5,7H2,1-2H3. The van der Waals surface area contributed by atoms with Gasteiger partial charge in [0, 0.05) is 19.2 Å². The largest absolute Gasteiger partial charge is 0.462 e. The average Bonchev–Trinajstić information content (AvgIpc) is 2.95. The van der Waals surface area contributed by atoms with Crippen molar-refractivity contribution < 1.29 is 22.7 Å². The van der Waals surface area contributed by atoms with Crippen LogP contribution < -0.4 is 4.72 Å². The van der Waals surface area contributed by atoms with Crippen molar-refractivity contribution in [2.24, 2.45) is 0 Å². The van der Waals surface area contributed by atoms with Crippen molar-refractivity contribution in [3.8, 4) is 0 Å². The first-order valence-electron chi connectivity index (χ1n) is 6.23. The van der Waals surface area contributed by atoms with Crippen LogP contribution in [0.1, 0.15) is 30.8 Å². The predicted molar refractivity (Wildman–Crippen MR) is 68.1 cm³/mol. The molecule has 0 spiro atoms. The van der Waals surface area contributed by atoms with E-state index in [9.17, 15) is 8.42 Å². The van der Waals surface area contributed by atoms with Crippen molar-refractivity contribution in [3.05, 3.63) is 17.6 Å². The highest BCUT2D eigenvalue weighted by Crippen LogP contribution is 2.25. The number of rotatable bonds is 5. The minimum atomic E-state index is -3.64. The van der Waals surface area contributed by atoms with Crippen LogP contribution in [0.2, 0.25) is 0 Å². The Morgan fingerprint density at radius 1 is 1.53 bits per heavy atom. The predicted octanol–water partition coefficient (Wildman–Crippen LogP) is 0.926. The van der Waals surface area contributed by atoms with E-state index >= 15 is 0 Å². The van der Waals surface area contributed by atoms with Gasteiger partial charge in [0.2, 0.25) is 10.0 Å². The van der Waals surface area contributed by atoms with Crippen LogP contribution in [-0.4, -0.2) is 32.8 Å². The summed E-state index contributed by atoms with van der Waals surface area (Å²) in [6.07, 6.45) is 2.48. The maximum atomic E-state index is 12.3. The smallest absolute Gasteiger partial charge is 0.244 e. The van der Waals surface area contributed by atoms with E-state index in [2.05, 4.69) is 4.72 Å². The summed E-state index contributed by atoms with van der Waals surface area (Å²) >= 11 is 0. The van der Waals surface area contributed by atoms with Crippen molar-refractivity contribution >= 4 is 10.0 Å².